The second kappa shape index (κ2) is 10.6. The van der Waals surface area contributed by atoms with Crippen molar-refractivity contribution in [2.75, 3.05) is 13.1 Å². The van der Waals surface area contributed by atoms with Crippen LogP contribution in [-0.4, -0.2) is 53.3 Å². The van der Waals surface area contributed by atoms with Crippen molar-refractivity contribution in [3.63, 3.8) is 0 Å². The molecule has 1 aliphatic heterocycles. The van der Waals surface area contributed by atoms with Crippen molar-refractivity contribution in [1.82, 2.24) is 29.2 Å². The number of para-hydroxylation sites is 1. The molecule has 0 aliphatic carbocycles. The highest BCUT2D eigenvalue weighted by Crippen LogP contribution is 2.31. The van der Waals surface area contributed by atoms with Crippen LogP contribution < -0.4 is 5.56 Å². The SMILES string of the molecule is CCc1cccc(CC)c1-n1c(-c2ccn(C)n2)nc(O)c(C(=O)N2CCC(c3ncc(Cl)cc3F)C2)c1=O. The fourth-order valence-corrected chi connectivity index (χ4v) is 5.31. The lowest BCUT2D eigenvalue weighted by Gasteiger charge is -2.21. The topological polar surface area (TPSA) is 106 Å². The third-order valence-electron chi connectivity index (χ3n) is 7.11. The number of nitrogens with zero attached hydrogens (tertiary/aromatic N) is 6. The number of carbonyl (C=O) groups excluding carboxylic acids is 1. The minimum atomic E-state index is -0.692. The van der Waals surface area contributed by atoms with Crippen LogP contribution in [0.25, 0.3) is 17.2 Å². The van der Waals surface area contributed by atoms with Crippen LogP contribution in [0.4, 0.5) is 4.39 Å². The molecule has 0 saturated carbocycles. The summed E-state index contributed by atoms with van der Waals surface area (Å²) in [6.07, 6.45) is 4.79. The van der Waals surface area contributed by atoms with Crippen LogP contribution in [0, 0.1) is 5.82 Å². The summed E-state index contributed by atoms with van der Waals surface area (Å²) in [4.78, 5) is 37.8. The van der Waals surface area contributed by atoms with E-state index in [1.165, 1.54) is 21.7 Å². The Kier molecular flexibility index (Phi) is 7.22. The molecule has 5 rings (SSSR count). The van der Waals surface area contributed by atoms with Gasteiger partial charge in [-0.15, -0.1) is 0 Å². The summed E-state index contributed by atoms with van der Waals surface area (Å²) in [6.45, 7) is 4.37. The van der Waals surface area contributed by atoms with E-state index < -0.39 is 28.7 Å². The third kappa shape index (κ3) is 4.80. The molecule has 1 N–H and O–H groups in total. The summed E-state index contributed by atoms with van der Waals surface area (Å²) in [7, 11) is 1.74. The van der Waals surface area contributed by atoms with Gasteiger partial charge in [0.2, 0.25) is 5.88 Å². The summed E-state index contributed by atoms with van der Waals surface area (Å²) in [5.41, 5.74) is 1.87. The number of aryl methyl sites for hydroxylation is 3. The Morgan fingerprint density at radius 1 is 1.21 bits per heavy atom. The number of hydrogen-bond donors (Lipinski definition) is 1. The molecule has 1 aromatic carbocycles. The predicted octanol–water partition coefficient (Wildman–Crippen LogP) is 4.28. The highest BCUT2D eigenvalue weighted by Gasteiger charge is 2.35. The summed E-state index contributed by atoms with van der Waals surface area (Å²) >= 11 is 5.84. The molecule has 4 heterocycles. The van der Waals surface area contributed by atoms with E-state index in [2.05, 4.69) is 15.1 Å². The molecule has 1 saturated heterocycles. The van der Waals surface area contributed by atoms with Crippen LogP contribution in [0.2, 0.25) is 5.02 Å². The smallest absolute Gasteiger partial charge is 0.275 e. The van der Waals surface area contributed by atoms with Gasteiger partial charge in [-0.05, 0) is 42.5 Å². The van der Waals surface area contributed by atoms with Crippen molar-refractivity contribution in [2.45, 2.75) is 39.0 Å². The first-order valence-electron chi connectivity index (χ1n) is 12.8. The second-order valence-electron chi connectivity index (χ2n) is 9.54. The van der Waals surface area contributed by atoms with Crippen molar-refractivity contribution in [3.05, 3.63) is 86.3 Å². The van der Waals surface area contributed by atoms with E-state index in [1.807, 2.05) is 32.0 Å². The molecule has 4 aromatic rings. The van der Waals surface area contributed by atoms with Gasteiger partial charge in [0.1, 0.15) is 11.5 Å². The van der Waals surface area contributed by atoms with E-state index in [9.17, 15) is 19.1 Å². The molecular formula is C28H28ClFN6O3. The van der Waals surface area contributed by atoms with Gasteiger partial charge in [0.05, 0.1) is 16.4 Å². The van der Waals surface area contributed by atoms with Crippen LogP contribution in [0.5, 0.6) is 5.88 Å². The lowest BCUT2D eigenvalue weighted by atomic mass is 10.0. The molecule has 202 valence electrons. The molecule has 1 amide bonds. The average molecular weight is 551 g/mol. The van der Waals surface area contributed by atoms with Gasteiger partial charge in [-0.1, -0.05) is 43.6 Å². The third-order valence-corrected chi connectivity index (χ3v) is 7.31. The molecule has 39 heavy (non-hydrogen) atoms. The van der Waals surface area contributed by atoms with E-state index >= 15 is 0 Å². The largest absolute Gasteiger partial charge is 0.493 e. The minimum Gasteiger partial charge on any atom is -0.493 e. The van der Waals surface area contributed by atoms with E-state index in [-0.39, 0.29) is 35.5 Å². The quantitative estimate of drug-likeness (QED) is 0.384. The Bertz CT molecular complexity index is 1610. The highest BCUT2D eigenvalue weighted by atomic mass is 35.5. The van der Waals surface area contributed by atoms with Gasteiger partial charge in [0, 0.05) is 38.4 Å². The number of benzene rings is 1. The Hall–Kier alpha value is -4.05. The van der Waals surface area contributed by atoms with Gasteiger partial charge in [0.15, 0.2) is 11.4 Å². The van der Waals surface area contributed by atoms with Gasteiger partial charge in [-0.2, -0.15) is 10.1 Å². The maximum absolute atomic E-state index is 14.5. The van der Waals surface area contributed by atoms with Crippen molar-refractivity contribution in [1.29, 1.82) is 0 Å². The Labute approximate surface area is 229 Å². The lowest BCUT2D eigenvalue weighted by molar-refractivity contribution is 0.0784. The first-order valence-corrected chi connectivity index (χ1v) is 13.2. The zero-order chi connectivity index (χ0) is 27.8. The Balaban J connectivity index is 1.63. The fraction of sp³-hybridized carbons (Fsp3) is 0.321. The van der Waals surface area contributed by atoms with Crippen molar-refractivity contribution in [2.24, 2.45) is 7.05 Å². The van der Waals surface area contributed by atoms with Crippen molar-refractivity contribution in [3.8, 4) is 23.1 Å². The van der Waals surface area contributed by atoms with E-state index in [0.29, 0.717) is 30.6 Å². The van der Waals surface area contributed by atoms with Gasteiger partial charge in [-0.25, -0.2) is 4.39 Å². The predicted molar refractivity (Wildman–Crippen MR) is 145 cm³/mol. The van der Waals surface area contributed by atoms with Crippen LogP contribution in [-0.2, 0) is 19.9 Å². The summed E-state index contributed by atoms with van der Waals surface area (Å²) in [5, 5.41) is 15.6. The van der Waals surface area contributed by atoms with Gasteiger partial charge < -0.3 is 10.0 Å². The lowest BCUT2D eigenvalue weighted by Crippen LogP contribution is -2.36. The first kappa shape index (κ1) is 26.6. The molecular weight excluding hydrogens is 523 g/mol. The molecule has 3 aromatic heterocycles. The number of halogens is 2. The molecule has 0 radical (unpaired) electrons. The molecule has 11 heteroatoms. The van der Waals surface area contributed by atoms with Crippen LogP contribution in [0.1, 0.15) is 53.4 Å². The maximum Gasteiger partial charge on any atom is 0.275 e. The zero-order valence-electron chi connectivity index (χ0n) is 21.9. The number of hydrogen-bond acceptors (Lipinski definition) is 6. The molecule has 0 spiro atoms. The number of likely N-dealkylation sites (tertiary alicyclic amines) is 1. The monoisotopic (exact) mass is 550 g/mol. The molecule has 1 atom stereocenters. The number of rotatable bonds is 6. The van der Waals surface area contributed by atoms with Crippen LogP contribution in [0.15, 0.2) is 47.5 Å². The van der Waals surface area contributed by atoms with Crippen LogP contribution >= 0.6 is 11.6 Å². The molecule has 1 fully saturated rings. The minimum absolute atomic E-state index is 0.136. The molecule has 1 unspecified atom stereocenters. The number of aromatic nitrogens is 5. The van der Waals surface area contributed by atoms with E-state index in [1.54, 1.807) is 24.0 Å². The number of carbonyl (C=O) groups is 1. The highest BCUT2D eigenvalue weighted by molar-refractivity contribution is 6.30. The standard InChI is InChI=1S/C28H28ClFN6O3/c1-4-16-7-6-8-17(5-2)24(16)36-25(21-10-11-34(3)33-21)32-26(37)22(28(36)39)27(38)35-12-9-18(15-35)23-20(30)13-19(29)14-31-23/h6-8,10-11,13-14,18,37H,4-5,9,12,15H2,1-3H3. The zero-order valence-corrected chi connectivity index (χ0v) is 22.6. The number of aromatic hydroxyl groups is 1. The molecule has 9 nitrogen and oxygen atoms in total. The number of pyridine rings is 1. The van der Waals surface area contributed by atoms with Crippen molar-refractivity contribution >= 4 is 17.5 Å². The van der Waals surface area contributed by atoms with E-state index in [0.717, 1.165) is 11.1 Å². The second-order valence-corrected chi connectivity index (χ2v) is 9.98. The normalized spacial score (nSPS) is 15.2. The summed E-state index contributed by atoms with van der Waals surface area (Å²) in [6, 6.07) is 8.67. The summed E-state index contributed by atoms with van der Waals surface area (Å²) < 4.78 is 17.5. The van der Waals surface area contributed by atoms with Crippen LogP contribution in [0.3, 0.4) is 0 Å². The Morgan fingerprint density at radius 3 is 2.54 bits per heavy atom. The number of amides is 1. The first-order chi connectivity index (χ1) is 18.7. The van der Waals surface area contributed by atoms with Gasteiger partial charge in [0.25, 0.3) is 11.5 Å². The fourth-order valence-electron chi connectivity index (χ4n) is 5.16. The maximum atomic E-state index is 14.5. The molecule has 0 bridgehead atoms. The van der Waals surface area contributed by atoms with E-state index in [4.69, 9.17) is 11.6 Å². The van der Waals surface area contributed by atoms with Gasteiger partial charge >= 0.3 is 0 Å². The Morgan fingerprint density at radius 2 is 1.92 bits per heavy atom. The average Bonchev–Trinajstić information content (AvgIpc) is 3.57. The van der Waals surface area contributed by atoms with Crippen molar-refractivity contribution < 1.29 is 14.3 Å². The van der Waals surface area contributed by atoms with Gasteiger partial charge in [-0.3, -0.25) is 23.8 Å². The summed E-state index contributed by atoms with van der Waals surface area (Å²) in [5.74, 6) is -2.12. The molecule has 1 aliphatic rings.